The van der Waals surface area contributed by atoms with Gasteiger partial charge in [0.15, 0.2) is 0 Å². The van der Waals surface area contributed by atoms with E-state index in [1.807, 2.05) is 83.3 Å². The van der Waals surface area contributed by atoms with E-state index in [9.17, 15) is 4.79 Å². The van der Waals surface area contributed by atoms with Gasteiger partial charge in [0.1, 0.15) is 6.33 Å². The second-order valence-electron chi connectivity index (χ2n) is 6.20. The van der Waals surface area contributed by atoms with Crippen molar-refractivity contribution in [3.63, 3.8) is 0 Å². The molecule has 0 atom stereocenters. The summed E-state index contributed by atoms with van der Waals surface area (Å²) in [4.78, 5) is 13.1. The maximum atomic E-state index is 13.1. The fraction of sp³-hybridized carbons (Fsp3) is 0. The van der Waals surface area contributed by atoms with Gasteiger partial charge in [-0.3, -0.25) is 9.20 Å². The Morgan fingerprint density at radius 2 is 1.48 bits per heavy atom. The SMILES string of the molecule is O=c1c2ccccc2n2cnnc2n1-c1ccc(Nc2ccccc2)cc1. The molecule has 0 saturated carbocycles. The minimum absolute atomic E-state index is 0.116. The van der Waals surface area contributed by atoms with Crippen molar-refractivity contribution in [1.29, 1.82) is 0 Å². The standard InChI is InChI=1S/C21H15N5O/c27-20-18-8-4-5-9-19(18)25-14-22-24-21(25)26(20)17-12-10-16(11-13-17)23-15-6-2-1-3-7-15/h1-14,23H. The summed E-state index contributed by atoms with van der Waals surface area (Å²) in [6, 6.07) is 25.1. The van der Waals surface area contributed by atoms with E-state index in [4.69, 9.17) is 0 Å². The first-order chi connectivity index (χ1) is 13.3. The molecule has 0 unspecified atom stereocenters. The molecule has 2 heterocycles. The van der Waals surface area contributed by atoms with Crippen molar-refractivity contribution in [3.05, 3.63) is 95.5 Å². The summed E-state index contributed by atoms with van der Waals surface area (Å²) in [6.45, 7) is 0. The molecule has 0 radical (unpaired) electrons. The molecule has 2 aromatic heterocycles. The van der Waals surface area contributed by atoms with Crippen LogP contribution in [0, 0.1) is 0 Å². The lowest BCUT2D eigenvalue weighted by Gasteiger charge is -2.11. The van der Waals surface area contributed by atoms with Gasteiger partial charge in [-0.05, 0) is 48.5 Å². The molecule has 0 amide bonds. The average Bonchev–Trinajstić information content (AvgIpc) is 3.20. The molecule has 0 aliphatic heterocycles. The lowest BCUT2D eigenvalue weighted by molar-refractivity contribution is 0.967. The molecule has 5 rings (SSSR count). The highest BCUT2D eigenvalue weighted by molar-refractivity contribution is 5.80. The Morgan fingerprint density at radius 3 is 2.30 bits per heavy atom. The maximum Gasteiger partial charge on any atom is 0.267 e. The molecular formula is C21H15N5O. The molecule has 130 valence electrons. The van der Waals surface area contributed by atoms with Gasteiger partial charge in [-0.25, -0.2) is 4.57 Å². The number of para-hydroxylation sites is 2. The third kappa shape index (κ3) is 2.55. The minimum atomic E-state index is -0.116. The number of hydrogen-bond donors (Lipinski definition) is 1. The topological polar surface area (TPSA) is 64.2 Å². The van der Waals surface area contributed by atoms with E-state index in [2.05, 4.69) is 15.5 Å². The monoisotopic (exact) mass is 353 g/mol. The van der Waals surface area contributed by atoms with E-state index in [0.29, 0.717) is 11.2 Å². The van der Waals surface area contributed by atoms with E-state index < -0.39 is 0 Å². The molecule has 0 spiro atoms. The largest absolute Gasteiger partial charge is 0.356 e. The normalized spacial score (nSPS) is 11.1. The number of nitrogens with zero attached hydrogens (tertiary/aromatic N) is 4. The molecule has 1 N–H and O–H groups in total. The lowest BCUT2D eigenvalue weighted by atomic mass is 10.2. The zero-order chi connectivity index (χ0) is 18.2. The second-order valence-corrected chi connectivity index (χ2v) is 6.20. The van der Waals surface area contributed by atoms with E-state index in [1.54, 1.807) is 10.9 Å². The van der Waals surface area contributed by atoms with Crippen molar-refractivity contribution in [3.8, 4) is 5.69 Å². The summed E-state index contributed by atoms with van der Waals surface area (Å²) < 4.78 is 3.41. The Labute approximate surface area is 154 Å². The number of fused-ring (bicyclic) bond motifs is 3. The Hall–Kier alpha value is -3.93. The van der Waals surface area contributed by atoms with Gasteiger partial charge in [0, 0.05) is 11.4 Å². The van der Waals surface area contributed by atoms with E-state index in [1.165, 1.54) is 0 Å². The summed E-state index contributed by atoms with van der Waals surface area (Å²) >= 11 is 0. The molecule has 5 aromatic rings. The van der Waals surface area contributed by atoms with Crippen LogP contribution in [-0.4, -0.2) is 19.2 Å². The summed E-state index contributed by atoms with van der Waals surface area (Å²) in [5.74, 6) is 0.488. The van der Waals surface area contributed by atoms with Gasteiger partial charge in [0.2, 0.25) is 5.78 Å². The minimum Gasteiger partial charge on any atom is -0.356 e. The molecule has 0 saturated heterocycles. The molecule has 3 aromatic carbocycles. The molecule has 27 heavy (non-hydrogen) atoms. The van der Waals surface area contributed by atoms with Crippen molar-refractivity contribution in [2.45, 2.75) is 0 Å². The van der Waals surface area contributed by atoms with Gasteiger partial charge in [-0.1, -0.05) is 30.3 Å². The fourth-order valence-corrected chi connectivity index (χ4v) is 3.24. The van der Waals surface area contributed by atoms with Gasteiger partial charge in [-0.2, -0.15) is 0 Å². The predicted molar refractivity (Wildman–Crippen MR) is 106 cm³/mol. The Bertz CT molecular complexity index is 1300. The Kier molecular flexibility index (Phi) is 3.47. The van der Waals surface area contributed by atoms with Crippen molar-refractivity contribution in [1.82, 2.24) is 19.2 Å². The van der Waals surface area contributed by atoms with Crippen LogP contribution in [0.2, 0.25) is 0 Å². The molecule has 6 heteroatoms. The lowest BCUT2D eigenvalue weighted by Crippen LogP contribution is -2.21. The fourth-order valence-electron chi connectivity index (χ4n) is 3.24. The smallest absolute Gasteiger partial charge is 0.267 e. The first kappa shape index (κ1) is 15.3. The van der Waals surface area contributed by atoms with Gasteiger partial charge in [0.05, 0.1) is 16.6 Å². The van der Waals surface area contributed by atoms with Crippen LogP contribution in [0.4, 0.5) is 11.4 Å². The first-order valence-corrected chi connectivity index (χ1v) is 8.57. The Balaban J connectivity index is 1.64. The zero-order valence-electron chi connectivity index (χ0n) is 14.3. The van der Waals surface area contributed by atoms with Crippen LogP contribution in [0.15, 0.2) is 90.0 Å². The highest BCUT2D eigenvalue weighted by Gasteiger charge is 2.13. The zero-order valence-corrected chi connectivity index (χ0v) is 14.3. The summed E-state index contributed by atoms with van der Waals surface area (Å²) in [5.41, 5.74) is 3.36. The number of aromatic nitrogens is 4. The molecule has 0 bridgehead atoms. The third-order valence-corrected chi connectivity index (χ3v) is 4.51. The number of hydrogen-bond acceptors (Lipinski definition) is 4. The van der Waals surface area contributed by atoms with Crippen molar-refractivity contribution in [2.75, 3.05) is 5.32 Å². The number of benzene rings is 3. The number of nitrogens with one attached hydrogen (secondary N) is 1. The van der Waals surface area contributed by atoms with Gasteiger partial charge in [0.25, 0.3) is 5.56 Å². The average molecular weight is 353 g/mol. The van der Waals surface area contributed by atoms with E-state index >= 15 is 0 Å². The second kappa shape index (κ2) is 6.10. The predicted octanol–water partition coefficient (Wildman–Crippen LogP) is 3.78. The molecule has 0 fully saturated rings. The van der Waals surface area contributed by atoms with Crippen LogP contribution >= 0.6 is 0 Å². The van der Waals surface area contributed by atoms with Gasteiger partial charge < -0.3 is 5.32 Å². The molecule has 0 aliphatic carbocycles. The van der Waals surface area contributed by atoms with Crippen LogP contribution in [-0.2, 0) is 0 Å². The highest BCUT2D eigenvalue weighted by Crippen LogP contribution is 2.20. The highest BCUT2D eigenvalue weighted by atomic mass is 16.1. The van der Waals surface area contributed by atoms with Crippen LogP contribution in [0.3, 0.4) is 0 Å². The number of anilines is 2. The quantitative estimate of drug-likeness (QED) is 0.536. The van der Waals surface area contributed by atoms with Crippen LogP contribution < -0.4 is 10.9 Å². The number of rotatable bonds is 3. The summed E-state index contributed by atoms with van der Waals surface area (Å²) in [5, 5.41) is 12.1. The van der Waals surface area contributed by atoms with Crippen LogP contribution in [0.25, 0.3) is 22.4 Å². The summed E-state index contributed by atoms with van der Waals surface area (Å²) in [7, 11) is 0. The van der Waals surface area contributed by atoms with Crippen molar-refractivity contribution < 1.29 is 0 Å². The van der Waals surface area contributed by atoms with E-state index in [0.717, 1.165) is 22.6 Å². The third-order valence-electron chi connectivity index (χ3n) is 4.51. The van der Waals surface area contributed by atoms with Gasteiger partial charge in [-0.15, -0.1) is 10.2 Å². The van der Waals surface area contributed by atoms with Crippen molar-refractivity contribution in [2.24, 2.45) is 0 Å². The first-order valence-electron chi connectivity index (χ1n) is 8.57. The molecule has 6 nitrogen and oxygen atoms in total. The maximum absolute atomic E-state index is 13.1. The van der Waals surface area contributed by atoms with Crippen LogP contribution in [0.5, 0.6) is 0 Å². The van der Waals surface area contributed by atoms with Crippen LogP contribution in [0.1, 0.15) is 0 Å². The molecule has 0 aliphatic rings. The molecular weight excluding hydrogens is 338 g/mol. The van der Waals surface area contributed by atoms with E-state index in [-0.39, 0.29) is 5.56 Å². The van der Waals surface area contributed by atoms with Crippen molar-refractivity contribution >= 4 is 28.1 Å². The Morgan fingerprint density at radius 1 is 0.778 bits per heavy atom. The summed E-state index contributed by atoms with van der Waals surface area (Å²) in [6.07, 6.45) is 1.62. The van der Waals surface area contributed by atoms with Gasteiger partial charge >= 0.3 is 0 Å².